The zero-order valence-corrected chi connectivity index (χ0v) is 10.5. The van der Waals surface area contributed by atoms with Crippen molar-refractivity contribution >= 4 is 10.8 Å². The van der Waals surface area contributed by atoms with Crippen molar-refractivity contribution in [1.82, 2.24) is 0 Å². The van der Waals surface area contributed by atoms with Crippen molar-refractivity contribution in [3.8, 4) is 17.2 Å². The Kier molecular flexibility index (Phi) is 3.09. The SMILES string of the molecule is COc1ccc2c(C)c(OC)cc(OC)c2c1. The third kappa shape index (κ3) is 1.88. The van der Waals surface area contributed by atoms with Crippen molar-refractivity contribution in [3.63, 3.8) is 0 Å². The van der Waals surface area contributed by atoms with Gasteiger partial charge in [-0.2, -0.15) is 0 Å². The number of aryl methyl sites for hydroxylation is 1. The average Bonchev–Trinajstić information content (AvgIpc) is 2.39. The molecule has 2 aromatic carbocycles. The molecule has 17 heavy (non-hydrogen) atoms. The minimum atomic E-state index is 0.793. The number of benzene rings is 2. The van der Waals surface area contributed by atoms with Gasteiger partial charge in [-0.25, -0.2) is 0 Å². The van der Waals surface area contributed by atoms with Gasteiger partial charge in [-0.05, 0) is 30.0 Å². The zero-order chi connectivity index (χ0) is 12.4. The molecule has 0 heterocycles. The van der Waals surface area contributed by atoms with Crippen LogP contribution in [-0.2, 0) is 0 Å². The van der Waals surface area contributed by atoms with Gasteiger partial charge in [0.2, 0.25) is 0 Å². The lowest BCUT2D eigenvalue weighted by Crippen LogP contribution is -1.93. The van der Waals surface area contributed by atoms with Crippen molar-refractivity contribution in [3.05, 3.63) is 29.8 Å². The normalized spacial score (nSPS) is 10.4. The molecule has 0 spiro atoms. The van der Waals surface area contributed by atoms with Crippen molar-refractivity contribution in [2.75, 3.05) is 21.3 Å². The largest absolute Gasteiger partial charge is 0.497 e. The Balaban J connectivity index is 2.79. The second-order valence-electron chi connectivity index (χ2n) is 3.82. The topological polar surface area (TPSA) is 27.7 Å². The monoisotopic (exact) mass is 232 g/mol. The molecule has 0 aliphatic heterocycles. The number of ether oxygens (including phenoxy) is 3. The third-order valence-corrected chi connectivity index (χ3v) is 2.97. The first-order valence-corrected chi connectivity index (χ1v) is 5.40. The number of methoxy groups -OCH3 is 3. The molecule has 0 N–H and O–H groups in total. The van der Waals surface area contributed by atoms with E-state index in [4.69, 9.17) is 14.2 Å². The molecule has 0 unspecified atom stereocenters. The summed E-state index contributed by atoms with van der Waals surface area (Å²) in [5.41, 5.74) is 1.10. The highest BCUT2D eigenvalue weighted by Gasteiger charge is 2.10. The first kappa shape index (κ1) is 11.6. The lowest BCUT2D eigenvalue weighted by atomic mass is 10.0. The van der Waals surface area contributed by atoms with E-state index in [2.05, 4.69) is 0 Å². The fourth-order valence-electron chi connectivity index (χ4n) is 2.00. The molecule has 0 fully saturated rings. The highest BCUT2D eigenvalue weighted by atomic mass is 16.5. The summed E-state index contributed by atoms with van der Waals surface area (Å²) in [7, 11) is 4.98. The standard InChI is InChI=1S/C14H16O3/c1-9-11-6-5-10(15-2)7-12(11)14(17-4)8-13(9)16-3/h5-8H,1-4H3. The number of rotatable bonds is 3. The summed E-state index contributed by atoms with van der Waals surface area (Å²) >= 11 is 0. The van der Waals surface area contributed by atoms with Crippen LogP contribution in [0.1, 0.15) is 5.56 Å². The Morgan fingerprint density at radius 2 is 1.47 bits per heavy atom. The van der Waals surface area contributed by atoms with Gasteiger partial charge in [0.05, 0.1) is 21.3 Å². The highest BCUT2D eigenvalue weighted by Crippen LogP contribution is 2.36. The minimum Gasteiger partial charge on any atom is -0.497 e. The molecule has 0 aliphatic carbocycles. The van der Waals surface area contributed by atoms with Crippen LogP contribution in [0, 0.1) is 6.92 Å². The van der Waals surface area contributed by atoms with Gasteiger partial charge < -0.3 is 14.2 Å². The predicted octanol–water partition coefficient (Wildman–Crippen LogP) is 3.17. The molecule has 0 amide bonds. The molecule has 0 saturated carbocycles. The molecule has 0 aromatic heterocycles. The third-order valence-electron chi connectivity index (χ3n) is 2.97. The molecular formula is C14H16O3. The molecule has 2 rings (SSSR count). The molecule has 3 nitrogen and oxygen atoms in total. The van der Waals surface area contributed by atoms with Crippen LogP contribution >= 0.6 is 0 Å². The van der Waals surface area contributed by atoms with Crippen LogP contribution < -0.4 is 14.2 Å². The summed E-state index contributed by atoms with van der Waals surface area (Å²) in [6.45, 7) is 2.03. The lowest BCUT2D eigenvalue weighted by Gasteiger charge is -2.13. The summed E-state index contributed by atoms with van der Waals surface area (Å²) in [6, 6.07) is 7.83. The Morgan fingerprint density at radius 3 is 2.06 bits per heavy atom. The van der Waals surface area contributed by atoms with Crippen LogP contribution in [-0.4, -0.2) is 21.3 Å². The van der Waals surface area contributed by atoms with E-state index >= 15 is 0 Å². The van der Waals surface area contributed by atoms with Gasteiger partial charge in [-0.15, -0.1) is 0 Å². The Bertz CT molecular complexity index is 547. The number of fused-ring (bicyclic) bond motifs is 1. The van der Waals surface area contributed by atoms with Crippen LogP contribution in [0.5, 0.6) is 17.2 Å². The molecule has 0 atom stereocenters. The Morgan fingerprint density at radius 1 is 0.765 bits per heavy atom. The van der Waals surface area contributed by atoms with Crippen LogP contribution in [0.15, 0.2) is 24.3 Å². The number of hydrogen-bond donors (Lipinski definition) is 0. The number of hydrogen-bond acceptors (Lipinski definition) is 3. The van der Waals surface area contributed by atoms with Crippen molar-refractivity contribution in [2.45, 2.75) is 6.92 Å². The van der Waals surface area contributed by atoms with Gasteiger partial charge >= 0.3 is 0 Å². The van der Waals surface area contributed by atoms with Crippen molar-refractivity contribution < 1.29 is 14.2 Å². The maximum absolute atomic E-state index is 5.39. The first-order valence-electron chi connectivity index (χ1n) is 5.40. The van der Waals surface area contributed by atoms with Crippen LogP contribution in [0.4, 0.5) is 0 Å². The molecule has 0 saturated heterocycles. The van der Waals surface area contributed by atoms with Gasteiger partial charge in [-0.1, -0.05) is 6.07 Å². The Hall–Kier alpha value is -1.90. The zero-order valence-electron chi connectivity index (χ0n) is 10.5. The molecular weight excluding hydrogens is 216 g/mol. The molecule has 0 aliphatic rings. The maximum Gasteiger partial charge on any atom is 0.130 e. The minimum absolute atomic E-state index is 0.793. The van der Waals surface area contributed by atoms with Gasteiger partial charge in [0.25, 0.3) is 0 Å². The van der Waals surface area contributed by atoms with E-state index in [-0.39, 0.29) is 0 Å². The maximum atomic E-state index is 5.39. The van der Waals surface area contributed by atoms with Gasteiger partial charge in [0, 0.05) is 11.5 Å². The highest BCUT2D eigenvalue weighted by molar-refractivity contribution is 5.93. The van der Waals surface area contributed by atoms with E-state index < -0.39 is 0 Å². The van der Waals surface area contributed by atoms with E-state index in [1.165, 1.54) is 0 Å². The molecule has 2 aromatic rings. The predicted molar refractivity (Wildman–Crippen MR) is 68.3 cm³/mol. The van der Waals surface area contributed by atoms with E-state index in [1.54, 1.807) is 21.3 Å². The summed E-state index contributed by atoms with van der Waals surface area (Å²) in [5.74, 6) is 2.45. The van der Waals surface area contributed by atoms with Gasteiger partial charge in [0.15, 0.2) is 0 Å². The van der Waals surface area contributed by atoms with Gasteiger partial charge in [-0.3, -0.25) is 0 Å². The fraction of sp³-hybridized carbons (Fsp3) is 0.286. The van der Waals surface area contributed by atoms with Crippen LogP contribution in [0.2, 0.25) is 0 Å². The fourth-order valence-corrected chi connectivity index (χ4v) is 2.00. The smallest absolute Gasteiger partial charge is 0.130 e. The first-order chi connectivity index (χ1) is 8.21. The van der Waals surface area contributed by atoms with E-state index in [0.29, 0.717) is 0 Å². The molecule has 0 radical (unpaired) electrons. The van der Waals surface area contributed by atoms with E-state index in [1.807, 2.05) is 31.2 Å². The molecule has 0 bridgehead atoms. The van der Waals surface area contributed by atoms with E-state index in [9.17, 15) is 0 Å². The van der Waals surface area contributed by atoms with Crippen LogP contribution in [0.25, 0.3) is 10.8 Å². The van der Waals surface area contributed by atoms with E-state index in [0.717, 1.165) is 33.6 Å². The quantitative estimate of drug-likeness (QED) is 0.813. The molecule has 90 valence electrons. The summed E-state index contributed by atoms with van der Waals surface area (Å²) in [6.07, 6.45) is 0. The lowest BCUT2D eigenvalue weighted by molar-refractivity contribution is 0.395. The van der Waals surface area contributed by atoms with Crippen molar-refractivity contribution in [1.29, 1.82) is 0 Å². The summed E-state index contributed by atoms with van der Waals surface area (Å²) in [4.78, 5) is 0. The second-order valence-corrected chi connectivity index (χ2v) is 3.82. The van der Waals surface area contributed by atoms with Gasteiger partial charge in [0.1, 0.15) is 17.2 Å². The average molecular weight is 232 g/mol. The van der Waals surface area contributed by atoms with Crippen LogP contribution in [0.3, 0.4) is 0 Å². The van der Waals surface area contributed by atoms with Crippen molar-refractivity contribution in [2.24, 2.45) is 0 Å². The second kappa shape index (κ2) is 4.53. The summed E-state index contributed by atoms with van der Waals surface area (Å²) in [5, 5.41) is 2.15. The Labute approximate surface area is 101 Å². The molecule has 3 heteroatoms. The summed E-state index contributed by atoms with van der Waals surface area (Å²) < 4.78 is 16.0.